The number of amides is 1. The van der Waals surface area contributed by atoms with E-state index in [4.69, 9.17) is 11.6 Å². The number of hydrogen-bond donors (Lipinski definition) is 1. The maximum Gasteiger partial charge on any atom is 0.254 e. The average Bonchev–Trinajstić information content (AvgIpc) is 2.65. The van der Waals surface area contributed by atoms with Crippen molar-refractivity contribution in [3.8, 4) is 0 Å². The molecule has 2 saturated heterocycles. The average molecular weight is 398 g/mol. The van der Waals surface area contributed by atoms with Gasteiger partial charge in [-0.3, -0.25) is 9.69 Å². The first-order valence-electron chi connectivity index (χ1n) is 9.76. The number of likely N-dealkylation sites (N-methyl/N-ethyl adjacent to an activating group) is 1. The van der Waals surface area contributed by atoms with Crippen molar-refractivity contribution in [3.05, 3.63) is 34.6 Å². The SMILES string of the molecule is CN1CCN([C@@H]2CCN(C(=O)c3cc(F)cc(Cl)c3)C[C@@H]2CCCO)CC1. The smallest absolute Gasteiger partial charge is 0.254 e. The van der Waals surface area contributed by atoms with E-state index in [0.717, 1.165) is 45.4 Å². The van der Waals surface area contributed by atoms with Crippen LogP contribution < -0.4 is 0 Å². The zero-order chi connectivity index (χ0) is 19.4. The Labute approximate surface area is 165 Å². The largest absolute Gasteiger partial charge is 0.396 e. The zero-order valence-corrected chi connectivity index (χ0v) is 16.7. The molecule has 2 aliphatic heterocycles. The van der Waals surface area contributed by atoms with Crippen molar-refractivity contribution in [3.63, 3.8) is 0 Å². The summed E-state index contributed by atoms with van der Waals surface area (Å²) >= 11 is 5.92. The summed E-state index contributed by atoms with van der Waals surface area (Å²) in [6.45, 7) is 5.69. The van der Waals surface area contributed by atoms with E-state index in [0.29, 0.717) is 30.6 Å². The molecule has 1 aromatic carbocycles. The van der Waals surface area contributed by atoms with Gasteiger partial charge in [-0.1, -0.05) is 11.6 Å². The Balaban J connectivity index is 1.70. The van der Waals surface area contributed by atoms with Gasteiger partial charge in [-0.05, 0) is 50.4 Å². The zero-order valence-electron chi connectivity index (χ0n) is 15.9. The van der Waals surface area contributed by atoms with E-state index >= 15 is 0 Å². The maximum absolute atomic E-state index is 13.6. The number of likely N-dealkylation sites (tertiary alicyclic amines) is 1. The first-order valence-corrected chi connectivity index (χ1v) is 10.1. The molecule has 0 bridgehead atoms. The molecule has 2 heterocycles. The molecule has 0 unspecified atom stereocenters. The van der Waals surface area contributed by atoms with E-state index in [-0.39, 0.29) is 17.5 Å². The second-order valence-electron chi connectivity index (χ2n) is 7.73. The van der Waals surface area contributed by atoms with E-state index in [9.17, 15) is 14.3 Å². The van der Waals surface area contributed by atoms with Crippen LogP contribution in [-0.4, -0.2) is 84.7 Å². The first-order chi connectivity index (χ1) is 13.0. The van der Waals surface area contributed by atoms with Gasteiger partial charge in [-0.2, -0.15) is 0 Å². The summed E-state index contributed by atoms with van der Waals surface area (Å²) in [5.41, 5.74) is 0.305. The van der Waals surface area contributed by atoms with Gasteiger partial charge in [0.2, 0.25) is 0 Å². The van der Waals surface area contributed by atoms with Crippen LogP contribution in [0.25, 0.3) is 0 Å². The third-order valence-electron chi connectivity index (χ3n) is 5.83. The minimum atomic E-state index is -0.491. The molecule has 0 spiro atoms. The van der Waals surface area contributed by atoms with Crippen LogP contribution in [-0.2, 0) is 0 Å². The summed E-state index contributed by atoms with van der Waals surface area (Å²) in [5, 5.41) is 9.52. The molecule has 150 valence electrons. The third-order valence-corrected chi connectivity index (χ3v) is 6.05. The molecular weight excluding hydrogens is 369 g/mol. The Morgan fingerprint density at radius 2 is 1.96 bits per heavy atom. The Morgan fingerprint density at radius 1 is 1.22 bits per heavy atom. The van der Waals surface area contributed by atoms with E-state index in [1.165, 1.54) is 18.2 Å². The van der Waals surface area contributed by atoms with Crippen LogP contribution in [0, 0.1) is 11.7 Å². The topological polar surface area (TPSA) is 47.0 Å². The summed E-state index contributed by atoms with van der Waals surface area (Å²) < 4.78 is 13.6. The molecule has 0 saturated carbocycles. The molecule has 0 radical (unpaired) electrons. The van der Waals surface area contributed by atoms with Gasteiger partial charge >= 0.3 is 0 Å². The Bertz CT molecular complexity index is 632. The number of benzene rings is 1. The van der Waals surface area contributed by atoms with Gasteiger partial charge in [-0.15, -0.1) is 0 Å². The second-order valence-corrected chi connectivity index (χ2v) is 8.17. The summed E-state index contributed by atoms with van der Waals surface area (Å²) in [5.74, 6) is -0.334. The fraction of sp³-hybridized carbons (Fsp3) is 0.650. The van der Waals surface area contributed by atoms with E-state index in [1.54, 1.807) is 0 Å². The van der Waals surface area contributed by atoms with Gasteiger partial charge < -0.3 is 14.9 Å². The Hall–Kier alpha value is -1.21. The van der Waals surface area contributed by atoms with Crippen molar-refractivity contribution in [1.29, 1.82) is 0 Å². The molecule has 2 fully saturated rings. The van der Waals surface area contributed by atoms with Crippen LogP contribution in [0.15, 0.2) is 18.2 Å². The monoisotopic (exact) mass is 397 g/mol. The summed E-state index contributed by atoms with van der Waals surface area (Å²) in [6, 6.07) is 4.43. The number of carbonyl (C=O) groups is 1. The van der Waals surface area contributed by atoms with Crippen LogP contribution >= 0.6 is 11.6 Å². The number of rotatable bonds is 5. The standard InChI is InChI=1S/C20H29ClFN3O2/c1-23-6-8-24(9-7-23)19-4-5-25(14-15(19)3-2-10-26)20(27)16-11-17(21)13-18(22)12-16/h11-13,15,19,26H,2-10,14H2,1H3/t15-,19+/m0/s1. The number of aliphatic hydroxyl groups excluding tert-OH is 1. The van der Waals surface area contributed by atoms with Gasteiger partial charge in [0, 0.05) is 62.5 Å². The predicted octanol–water partition coefficient (Wildman–Crippen LogP) is 2.33. The fourth-order valence-electron chi connectivity index (χ4n) is 4.34. The number of carbonyl (C=O) groups excluding carboxylic acids is 1. The number of halogens is 2. The van der Waals surface area contributed by atoms with E-state index < -0.39 is 5.82 Å². The summed E-state index contributed by atoms with van der Waals surface area (Å²) in [4.78, 5) is 19.6. The van der Waals surface area contributed by atoms with E-state index in [1.807, 2.05) is 4.90 Å². The summed E-state index contributed by atoms with van der Waals surface area (Å²) in [7, 11) is 2.14. The molecule has 1 amide bonds. The third kappa shape index (κ3) is 5.19. The molecule has 3 rings (SSSR count). The van der Waals surface area contributed by atoms with Crippen molar-refractivity contribution in [2.45, 2.75) is 25.3 Å². The molecule has 2 aliphatic rings. The van der Waals surface area contributed by atoms with Crippen molar-refractivity contribution in [2.24, 2.45) is 5.92 Å². The molecule has 27 heavy (non-hydrogen) atoms. The Morgan fingerprint density at radius 3 is 2.63 bits per heavy atom. The van der Waals surface area contributed by atoms with Gasteiger partial charge in [0.1, 0.15) is 5.82 Å². The van der Waals surface area contributed by atoms with Crippen molar-refractivity contribution >= 4 is 17.5 Å². The molecule has 1 aromatic rings. The van der Waals surface area contributed by atoms with Crippen molar-refractivity contribution < 1.29 is 14.3 Å². The minimum Gasteiger partial charge on any atom is -0.396 e. The number of piperazine rings is 1. The van der Waals surface area contributed by atoms with Crippen molar-refractivity contribution in [2.75, 3.05) is 52.9 Å². The van der Waals surface area contributed by atoms with E-state index in [2.05, 4.69) is 16.8 Å². The fourth-order valence-corrected chi connectivity index (χ4v) is 4.56. The number of aliphatic hydroxyl groups is 1. The van der Waals surface area contributed by atoms with Crippen molar-refractivity contribution in [1.82, 2.24) is 14.7 Å². The van der Waals surface area contributed by atoms with Crippen LogP contribution in [0.1, 0.15) is 29.6 Å². The minimum absolute atomic E-state index is 0.165. The highest BCUT2D eigenvalue weighted by atomic mass is 35.5. The highest BCUT2D eigenvalue weighted by Gasteiger charge is 2.35. The maximum atomic E-state index is 13.6. The predicted molar refractivity (Wildman–Crippen MR) is 105 cm³/mol. The molecule has 0 aromatic heterocycles. The second kappa shape index (κ2) is 9.32. The van der Waals surface area contributed by atoms with Crippen LogP contribution in [0.3, 0.4) is 0 Å². The van der Waals surface area contributed by atoms with Gasteiger partial charge in [0.05, 0.1) is 0 Å². The molecule has 7 heteroatoms. The normalized spacial score (nSPS) is 25.0. The highest BCUT2D eigenvalue weighted by Crippen LogP contribution is 2.28. The van der Waals surface area contributed by atoms with Crippen LogP contribution in [0.4, 0.5) is 4.39 Å². The van der Waals surface area contributed by atoms with Crippen LogP contribution in [0.2, 0.25) is 5.02 Å². The quantitative estimate of drug-likeness (QED) is 0.828. The number of piperidine rings is 1. The molecule has 2 atom stereocenters. The van der Waals surface area contributed by atoms with Gasteiger partial charge in [0.25, 0.3) is 5.91 Å². The Kier molecular flexibility index (Phi) is 7.09. The summed E-state index contributed by atoms with van der Waals surface area (Å²) in [6.07, 6.45) is 2.54. The lowest BCUT2D eigenvalue weighted by Crippen LogP contribution is -2.56. The lowest BCUT2D eigenvalue weighted by Gasteiger charge is -2.46. The number of nitrogens with zero attached hydrogens (tertiary/aromatic N) is 3. The molecule has 0 aliphatic carbocycles. The molecule has 1 N–H and O–H groups in total. The number of hydrogen-bond acceptors (Lipinski definition) is 4. The van der Waals surface area contributed by atoms with Crippen LogP contribution in [0.5, 0.6) is 0 Å². The van der Waals surface area contributed by atoms with Gasteiger partial charge in [0.15, 0.2) is 0 Å². The lowest BCUT2D eigenvalue weighted by atomic mass is 9.86. The molecular formula is C20H29ClFN3O2. The van der Waals surface area contributed by atoms with Gasteiger partial charge in [-0.25, -0.2) is 4.39 Å². The lowest BCUT2D eigenvalue weighted by molar-refractivity contribution is 0.0217. The highest BCUT2D eigenvalue weighted by molar-refractivity contribution is 6.31. The first kappa shape index (κ1) is 20.5. The molecule has 5 nitrogen and oxygen atoms in total.